The molecule has 0 aromatic carbocycles. The van der Waals surface area contributed by atoms with Crippen LogP contribution >= 0.6 is 11.6 Å². The van der Waals surface area contributed by atoms with Gasteiger partial charge in [0, 0.05) is 30.4 Å². The molecule has 17 heavy (non-hydrogen) atoms. The predicted octanol–water partition coefficient (Wildman–Crippen LogP) is 2.25. The Balaban J connectivity index is 2.01. The molecule has 1 aliphatic rings. The van der Waals surface area contributed by atoms with E-state index in [0.717, 1.165) is 19.4 Å². The highest BCUT2D eigenvalue weighted by atomic mass is 35.5. The maximum Gasteiger partial charge on any atom is 0.293 e. The summed E-state index contributed by atoms with van der Waals surface area (Å²) in [6, 6.07) is 0.155. The van der Waals surface area contributed by atoms with Crippen LogP contribution in [0.25, 0.3) is 0 Å². The van der Waals surface area contributed by atoms with Crippen LogP contribution < -0.4 is 10.9 Å². The van der Waals surface area contributed by atoms with E-state index in [1.165, 1.54) is 0 Å². The van der Waals surface area contributed by atoms with Gasteiger partial charge in [-0.25, -0.2) is 4.98 Å². The standard InChI is InChI=1S/C12H18ClN3O/c1-8(2)16-4-3-14-11(12(16)17)15-7-9-5-10(13)6-9/h3-4,8-10H,5-7H2,1-2H3,(H,14,15). The summed E-state index contributed by atoms with van der Waals surface area (Å²) in [5.41, 5.74) is -0.0516. The highest BCUT2D eigenvalue weighted by Crippen LogP contribution is 2.31. The van der Waals surface area contributed by atoms with E-state index in [0.29, 0.717) is 17.1 Å². The van der Waals surface area contributed by atoms with Gasteiger partial charge in [0.15, 0.2) is 5.82 Å². The molecule has 1 aliphatic carbocycles. The first-order valence-corrected chi connectivity index (χ1v) is 6.46. The van der Waals surface area contributed by atoms with Crippen molar-refractivity contribution in [1.29, 1.82) is 0 Å². The van der Waals surface area contributed by atoms with Gasteiger partial charge in [-0.05, 0) is 32.6 Å². The van der Waals surface area contributed by atoms with Crippen molar-refractivity contribution in [2.75, 3.05) is 11.9 Å². The molecule has 1 fully saturated rings. The summed E-state index contributed by atoms with van der Waals surface area (Å²) in [6.45, 7) is 4.75. The molecule has 0 spiro atoms. The first-order chi connectivity index (χ1) is 8.08. The van der Waals surface area contributed by atoms with Crippen molar-refractivity contribution in [2.45, 2.75) is 38.1 Å². The van der Waals surface area contributed by atoms with Gasteiger partial charge in [-0.3, -0.25) is 4.79 Å². The fourth-order valence-electron chi connectivity index (χ4n) is 2.01. The van der Waals surface area contributed by atoms with Gasteiger partial charge in [-0.1, -0.05) is 0 Å². The Hall–Kier alpha value is -1.03. The average molecular weight is 256 g/mol. The molecule has 1 N–H and O–H groups in total. The molecule has 0 amide bonds. The molecule has 0 aliphatic heterocycles. The number of anilines is 1. The van der Waals surface area contributed by atoms with Crippen molar-refractivity contribution in [3.05, 3.63) is 22.7 Å². The second-order valence-electron chi connectivity index (χ2n) is 4.90. The van der Waals surface area contributed by atoms with E-state index in [4.69, 9.17) is 11.6 Å². The lowest BCUT2D eigenvalue weighted by molar-refractivity contribution is 0.341. The quantitative estimate of drug-likeness (QED) is 0.840. The van der Waals surface area contributed by atoms with Crippen molar-refractivity contribution < 1.29 is 0 Å². The van der Waals surface area contributed by atoms with Crippen molar-refractivity contribution in [3.8, 4) is 0 Å². The monoisotopic (exact) mass is 255 g/mol. The molecule has 5 heteroatoms. The zero-order valence-electron chi connectivity index (χ0n) is 10.2. The average Bonchev–Trinajstić information content (AvgIpc) is 2.24. The molecular formula is C12H18ClN3O. The van der Waals surface area contributed by atoms with Crippen LogP contribution in [0.1, 0.15) is 32.7 Å². The Labute approximate surface area is 106 Å². The van der Waals surface area contributed by atoms with Gasteiger partial charge in [0.25, 0.3) is 5.56 Å². The summed E-state index contributed by atoms with van der Waals surface area (Å²) in [5.74, 6) is 1.02. The summed E-state index contributed by atoms with van der Waals surface area (Å²) in [4.78, 5) is 16.1. The Kier molecular flexibility index (Phi) is 3.72. The van der Waals surface area contributed by atoms with E-state index in [1.54, 1.807) is 17.0 Å². The normalized spacial score (nSPS) is 23.5. The molecule has 0 unspecified atom stereocenters. The minimum Gasteiger partial charge on any atom is -0.365 e. The lowest BCUT2D eigenvalue weighted by Crippen LogP contribution is -2.32. The topological polar surface area (TPSA) is 46.9 Å². The van der Waals surface area contributed by atoms with E-state index in [-0.39, 0.29) is 11.6 Å². The van der Waals surface area contributed by atoms with Crippen LogP contribution in [0, 0.1) is 5.92 Å². The van der Waals surface area contributed by atoms with Crippen molar-refractivity contribution in [3.63, 3.8) is 0 Å². The van der Waals surface area contributed by atoms with Crippen molar-refractivity contribution in [1.82, 2.24) is 9.55 Å². The molecule has 2 rings (SSSR count). The summed E-state index contributed by atoms with van der Waals surface area (Å²) in [5, 5.41) is 3.45. The van der Waals surface area contributed by atoms with Crippen LogP contribution in [0.2, 0.25) is 0 Å². The van der Waals surface area contributed by atoms with Gasteiger partial charge in [0.1, 0.15) is 0 Å². The number of nitrogens with one attached hydrogen (secondary N) is 1. The second-order valence-corrected chi connectivity index (χ2v) is 5.51. The maximum atomic E-state index is 12.0. The third-order valence-corrected chi connectivity index (χ3v) is 3.52. The molecule has 0 atom stereocenters. The largest absolute Gasteiger partial charge is 0.365 e. The van der Waals surface area contributed by atoms with Gasteiger partial charge >= 0.3 is 0 Å². The second kappa shape index (κ2) is 5.08. The molecular weight excluding hydrogens is 238 g/mol. The summed E-state index contributed by atoms with van der Waals surface area (Å²) in [6.07, 6.45) is 5.44. The van der Waals surface area contributed by atoms with Gasteiger partial charge in [-0.2, -0.15) is 0 Å². The number of alkyl halides is 1. The molecule has 1 aromatic heterocycles. The first kappa shape index (κ1) is 12.4. The molecule has 1 saturated carbocycles. The number of nitrogens with zero attached hydrogens (tertiary/aromatic N) is 2. The lowest BCUT2D eigenvalue weighted by Gasteiger charge is -2.30. The Bertz CT molecular complexity index is 438. The zero-order chi connectivity index (χ0) is 12.4. The minimum absolute atomic E-state index is 0.0516. The van der Waals surface area contributed by atoms with Crippen LogP contribution in [0.5, 0.6) is 0 Å². The molecule has 0 bridgehead atoms. The van der Waals surface area contributed by atoms with Crippen LogP contribution in [0.3, 0.4) is 0 Å². The van der Waals surface area contributed by atoms with E-state index in [1.807, 2.05) is 13.8 Å². The molecule has 94 valence electrons. The Morgan fingerprint density at radius 3 is 2.88 bits per heavy atom. The van der Waals surface area contributed by atoms with E-state index in [2.05, 4.69) is 10.3 Å². The molecule has 1 aromatic rings. The maximum absolute atomic E-state index is 12.0. The van der Waals surface area contributed by atoms with E-state index >= 15 is 0 Å². The van der Waals surface area contributed by atoms with E-state index < -0.39 is 0 Å². The third-order valence-electron chi connectivity index (χ3n) is 3.16. The SMILES string of the molecule is CC(C)n1ccnc(NCC2CC(Cl)C2)c1=O. The Morgan fingerprint density at radius 1 is 1.59 bits per heavy atom. The predicted molar refractivity (Wildman–Crippen MR) is 69.7 cm³/mol. The van der Waals surface area contributed by atoms with Crippen LogP contribution in [0.4, 0.5) is 5.82 Å². The van der Waals surface area contributed by atoms with Crippen LogP contribution in [-0.2, 0) is 0 Å². The number of hydrogen-bond donors (Lipinski definition) is 1. The van der Waals surface area contributed by atoms with Gasteiger partial charge in [0.2, 0.25) is 0 Å². The van der Waals surface area contributed by atoms with Crippen LogP contribution in [-0.4, -0.2) is 21.5 Å². The van der Waals surface area contributed by atoms with Gasteiger partial charge in [-0.15, -0.1) is 11.6 Å². The smallest absolute Gasteiger partial charge is 0.293 e. The van der Waals surface area contributed by atoms with Crippen LogP contribution in [0.15, 0.2) is 17.2 Å². The third kappa shape index (κ3) is 2.80. The molecule has 4 nitrogen and oxygen atoms in total. The van der Waals surface area contributed by atoms with Gasteiger partial charge < -0.3 is 9.88 Å². The van der Waals surface area contributed by atoms with Gasteiger partial charge in [0.05, 0.1) is 0 Å². The Morgan fingerprint density at radius 2 is 2.29 bits per heavy atom. The molecule has 0 radical (unpaired) electrons. The molecule has 0 saturated heterocycles. The highest BCUT2D eigenvalue weighted by molar-refractivity contribution is 6.21. The summed E-state index contributed by atoms with van der Waals surface area (Å²) < 4.78 is 1.68. The number of halogens is 1. The fourth-order valence-corrected chi connectivity index (χ4v) is 2.52. The highest BCUT2D eigenvalue weighted by Gasteiger charge is 2.27. The molecule has 1 heterocycles. The van der Waals surface area contributed by atoms with E-state index in [9.17, 15) is 4.79 Å². The number of rotatable bonds is 4. The minimum atomic E-state index is -0.0516. The van der Waals surface area contributed by atoms with Crippen molar-refractivity contribution in [2.24, 2.45) is 5.92 Å². The summed E-state index contributed by atoms with van der Waals surface area (Å²) >= 11 is 5.91. The van der Waals surface area contributed by atoms with Crippen molar-refractivity contribution >= 4 is 17.4 Å². The fraction of sp³-hybridized carbons (Fsp3) is 0.667. The lowest BCUT2D eigenvalue weighted by atomic mass is 9.85. The number of aromatic nitrogens is 2. The number of hydrogen-bond acceptors (Lipinski definition) is 3. The summed E-state index contributed by atoms with van der Waals surface area (Å²) in [7, 11) is 0. The zero-order valence-corrected chi connectivity index (χ0v) is 10.9. The first-order valence-electron chi connectivity index (χ1n) is 6.03.